The Hall–Kier alpha value is -1.18. The summed E-state index contributed by atoms with van der Waals surface area (Å²) in [6, 6.07) is -1.32. The number of nitrogens with two attached hydrogens (primary N) is 1. The SMILES string of the molecule is COCCC(NC(=O)C1COCC1N)C(=O)O. The van der Waals surface area contributed by atoms with Crippen molar-refractivity contribution in [1.29, 1.82) is 0 Å². The van der Waals surface area contributed by atoms with Crippen LogP contribution in [0.2, 0.25) is 0 Å². The zero-order valence-corrected chi connectivity index (χ0v) is 9.72. The van der Waals surface area contributed by atoms with Crippen molar-refractivity contribution in [2.45, 2.75) is 18.5 Å². The Kier molecular flexibility index (Phi) is 5.33. The van der Waals surface area contributed by atoms with Crippen molar-refractivity contribution in [3.8, 4) is 0 Å². The van der Waals surface area contributed by atoms with E-state index in [1.807, 2.05) is 0 Å². The normalized spacial score (nSPS) is 25.5. The molecule has 0 saturated carbocycles. The summed E-state index contributed by atoms with van der Waals surface area (Å²) in [5.41, 5.74) is 5.67. The minimum absolute atomic E-state index is 0.223. The lowest BCUT2D eigenvalue weighted by Gasteiger charge is -2.18. The molecule has 1 fully saturated rings. The molecule has 1 saturated heterocycles. The zero-order chi connectivity index (χ0) is 12.8. The molecule has 7 heteroatoms. The summed E-state index contributed by atoms with van der Waals surface area (Å²) in [4.78, 5) is 22.7. The number of amides is 1. The highest BCUT2D eigenvalue weighted by Crippen LogP contribution is 2.12. The molecule has 0 aromatic rings. The number of methoxy groups -OCH3 is 1. The first-order valence-corrected chi connectivity index (χ1v) is 5.41. The molecule has 0 radical (unpaired) electrons. The number of carbonyl (C=O) groups is 2. The van der Waals surface area contributed by atoms with Gasteiger partial charge in [0.05, 0.1) is 19.1 Å². The van der Waals surface area contributed by atoms with E-state index in [0.717, 1.165) is 0 Å². The van der Waals surface area contributed by atoms with Gasteiger partial charge in [-0.2, -0.15) is 0 Å². The molecule has 0 aromatic carbocycles. The van der Waals surface area contributed by atoms with E-state index >= 15 is 0 Å². The van der Waals surface area contributed by atoms with Gasteiger partial charge >= 0.3 is 5.97 Å². The highest BCUT2D eigenvalue weighted by molar-refractivity contribution is 5.85. The molecule has 1 amide bonds. The predicted octanol–water partition coefficient (Wildman–Crippen LogP) is -1.43. The number of aliphatic carboxylic acids is 1. The first kappa shape index (κ1) is 13.9. The van der Waals surface area contributed by atoms with E-state index in [-0.39, 0.29) is 31.6 Å². The van der Waals surface area contributed by atoms with Crippen molar-refractivity contribution < 1.29 is 24.2 Å². The van der Waals surface area contributed by atoms with Gasteiger partial charge in [0, 0.05) is 26.2 Å². The molecule has 1 heterocycles. The highest BCUT2D eigenvalue weighted by atomic mass is 16.5. The quantitative estimate of drug-likeness (QED) is 0.529. The molecule has 98 valence electrons. The summed E-state index contributed by atoms with van der Waals surface area (Å²) in [7, 11) is 1.47. The molecule has 0 aliphatic carbocycles. The van der Waals surface area contributed by atoms with Crippen LogP contribution in [-0.4, -0.2) is 56.0 Å². The molecule has 0 aromatic heterocycles. The highest BCUT2D eigenvalue weighted by Gasteiger charge is 2.33. The third kappa shape index (κ3) is 3.95. The fraction of sp³-hybridized carbons (Fsp3) is 0.800. The molecular weight excluding hydrogens is 228 g/mol. The Bertz CT molecular complexity index is 284. The van der Waals surface area contributed by atoms with Crippen molar-refractivity contribution in [2.75, 3.05) is 26.9 Å². The van der Waals surface area contributed by atoms with E-state index in [4.69, 9.17) is 20.3 Å². The first-order valence-electron chi connectivity index (χ1n) is 5.41. The van der Waals surface area contributed by atoms with E-state index in [2.05, 4.69) is 5.32 Å². The second kappa shape index (κ2) is 6.53. The molecule has 4 N–H and O–H groups in total. The summed E-state index contributed by atoms with van der Waals surface area (Å²) >= 11 is 0. The maximum Gasteiger partial charge on any atom is 0.326 e. The maximum atomic E-state index is 11.8. The lowest BCUT2D eigenvalue weighted by molar-refractivity contribution is -0.143. The number of hydrogen-bond donors (Lipinski definition) is 3. The molecule has 3 unspecified atom stereocenters. The minimum Gasteiger partial charge on any atom is -0.480 e. The van der Waals surface area contributed by atoms with Crippen LogP contribution in [-0.2, 0) is 19.1 Å². The third-order valence-electron chi connectivity index (χ3n) is 2.69. The van der Waals surface area contributed by atoms with Crippen molar-refractivity contribution in [2.24, 2.45) is 11.7 Å². The van der Waals surface area contributed by atoms with E-state index in [1.54, 1.807) is 0 Å². The fourth-order valence-electron chi connectivity index (χ4n) is 1.61. The molecule has 0 spiro atoms. The van der Waals surface area contributed by atoms with Crippen LogP contribution in [0.1, 0.15) is 6.42 Å². The van der Waals surface area contributed by atoms with Gasteiger partial charge in [0.2, 0.25) is 5.91 Å². The second-order valence-corrected chi connectivity index (χ2v) is 3.99. The van der Waals surface area contributed by atoms with Gasteiger partial charge in [-0.25, -0.2) is 4.79 Å². The summed E-state index contributed by atoms with van der Waals surface area (Å²) < 4.78 is 9.84. The fourth-order valence-corrected chi connectivity index (χ4v) is 1.61. The number of carbonyl (C=O) groups excluding carboxylic acids is 1. The Morgan fingerprint density at radius 2 is 2.29 bits per heavy atom. The number of carboxylic acids is 1. The molecule has 1 aliphatic heterocycles. The average Bonchev–Trinajstić information content (AvgIpc) is 2.70. The molecule has 0 bridgehead atoms. The Morgan fingerprint density at radius 3 is 2.76 bits per heavy atom. The van der Waals surface area contributed by atoms with E-state index in [9.17, 15) is 9.59 Å². The lowest BCUT2D eigenvalue weighted by Crippen LogP contribution is -2.48. The number of ether oxygens (including phenoxy) is 2. The molecule has 1 rings (SSSR count). The van der Waals surface area contributed by atoms with Crippen LogP contribution in [0.25, 0.3) is 0 Å². The number of carboxylic acid groups (broad SMARTS) is 1. The molecule has 3 atom stereocenters. The smallest absolute Gasteiger partial charge is 0.326 e. The summed E-state index contributed by atoms with van der Waals surface area (Å²) in [6.07, 6.45) is 0.223. The number of rotatable bonds is 6. The van der Waals surface area contributed by atoms with Crippen LogP contribution in [0.3, 0.4) is 0 Å². The van der Waals surface area contributed by atoms with E-state index in [0.29, 0.717) is 6.61 Å². The van der Waals surface area contributed by atoms with E-state index in [1.165, 1.54) is 7.11 Å². The molecule has 7 nitrogen and oxygen atoms in total. The van der Waals surface area contributed by atoms with Crippen molar-refractivity contribution in [1.82, 2.24) is 5.32 Å². The average molecular weight is 246 g/mol. The first-order chi connectivity index (χ1) is 8.06. The topological polar surface area (TPSA) is 111 Å². The van der Waals surface area contributed by atoms with Gasteiger partial charge < -0.3 is 25.6 Å². The van der Waals surface area contributed by atoms with Crippen LogP contribution >= 0.6 is 0 Å². The van der Waals surface area contributed by atoms with Crippen LogP contribution in [0, 0.1) is 5.92 Å². The number of hydrogen-bond acceptors (Lipinski definition) is 5. The van der Waals surface area contributed by atoms with Crippen LogP contribution in [0.15, 0.2) is 0 Å². The van der Waals surface area contributed by atoms with Gasteiger partial charge in [-0.3, -0.25) is 4.79 Å². The van der Waals surface area contributed by atoms with Crippen LogP contribution in [0.5, 0.6) is 0 Å². The van der Waals surface area contributed by atoms with Gasteiger partial charge in [0.1, 0.15) is 6.04 Å². The Morgan fingerprint density at radius 1 is 1.59 bits per heavy atom. The monoisotopic (exact) mass is 246 g/mol. The summed E-state index contributed by atoms with van der Waals surface area (Å²) in [5.74, 6) is -1.93. The van der Waals surface area contributed by atoms with Crippen molar-refractivity contribution in [3.63, 3.8) is 0 Å². The molecule has 1 aliphatic rings. The van der Waals surface area contributed by atoms with Crippen LogP contribution in [0.4, 0.5) is 0 Å². The van der Waals surface area contributed by atoms with Gasteiger partial charge in [-0.1, -0.05) is 0 Å². The number of nitrogens with one attached hydrogen (secondary N) is 1. The van der Waals surface area contributed by atoms with Gasteiger partial charge in [0.15, 0.2) is 0 Å². The maximum absolute atomic E-state index is 11.8. The Balaban J connectivity index is 2.48. The lowest BCUT2D eigenvalue weighted by atomic mass is 10.0. The van der Waals surface area contributed by atoms with Gasteiger partial charge in [0.25, 0.3) is 0 Å². The van der Waals surface area contributed by atoms with Gasteiger partial charge in [-0.05, 0) is 0 Å². The van der Waals surface area contributed by atoms with Crippen molar-refractivity contribution in [3.05, 3.63) is 0 Å². The van der Waals surface area contributed by atoms with E-state index < -0.39 is 17.9 Å². The third-order valence-corrected chi connectivity index (χ3v) is 2.69. The zero-order valence-electron chi connectivity index (χ0n) is 9.72. The minimum atomic E-state index is -1.08. The molecule has 17 heavy (non-hydrogen) atoms. The summed E-state index contributed by atoms with van der Waals surface area (Å²) in [6.45, 7) is 0.835. The Labute approximate surface area is 99.3 Å². The molecular formula is C10H18N2O5. The summed E-state index contributed by atoms with van der Waals surface area (Å²) in [5, 5.41) is 11.4. The second-order valence-electron chi connectivity index (χ2n) is 3.99. The van der Waals surface area contributed by atoms with Crippen LogP contribution < -0.4 is 11.1 Å². The standard InChI is InChI=1S/C10H18N2O5/c1-16-3-2-8(10(14)15)12-9(13)6-4-17-5-7(6)11/h6-8H,2-5,11H2,1H3,(H,12,13)(H,14,15). The predicted molar refractivity (Wildman–Crippen MR) is 58.3 cm³/mol. The van der Waals surface area contributed by atoms with Crippen molar-refractivity contribution >= 4 is 11.9 Å². The largest absolute Gasteiger partial charge is 0.480 e. The van der Waals surface area contributed by atoms with Gasteiger partial charge in [-0.15, -0.1) is 0 Å².